The van der Waals surface area contributed by atoms with Crippen molar-refractivity contribution in [1.82, 2.24) is 9.80 Å². The van der Waals surface area contributed by atoms with Crippen LogP contribution < -0.4 is 0 Å². The van der Waals surface area contributed by atoms with E-state index in [2.05, 4.69) is 20.8 Å². The summed E-state index contributed by atoms with van der Waals surface area (Å²) in [6.07, 6.45) is 6.19. The third-order valence-corrected chi connectivity index (χ3v) is 4.37. The lowest BCUT2D eigenvalue weighted by Crippen LogP contribution is -2.45. The molecule has 0 aliphatic heterocycles. The molecule has 3 heteroatoms. The molecule has 2 amide bonds. The van der Waals surface area contributed by atoms with Crippen LogP contribution in [0.1, 0.15) is 59.8 Å². The van der Waals surface area contributed by atoms with Crippen LogP contribution in [0.15, 0.2) is 0 Å². The van der Waals surface area contributed by atoms with Crippen LogP contribution in [-0.4, -0.2) is 42.5 Å². The minimum atomic E-state index is 0.168. The Hall–Kier alpha value is -0.730. The van der Waals surface area contributed by atoms with Gasteiger partial charge in [0.15, 0.2) is 0 Å². The Morgan fingerprint density at radius 2 is 1.63 bits per heavy atom. The maximum absolute atomic E-state index is 12.1. The second-order valence-corrected chi connectivity index (χ2v) is 7.35. The molecule has 112 valence electrons. The van der Waals surface area contributed by atoms with E-state index < -0.39 is 0 Å². The van der Waals surface area contributed by atoms with Crippen LogP contribution >= 0.6 is 0 Å². The van der Waals surface area contributed by atoms with Crippen molar-refractivity contribution in [3.05, 3.63) is 0 Å². The third-order valence-electron chi connectivity index (χ3n) is 4.37. The van der Waals surface area contributed by atoms with Gasteiger partial charge in [0.1, 0.15) is 0 Å². The Morgan fingerprint density at radius 1 is 1.11 bits per heavy atom. The molecule has 0 heterocycles. The molecule has 0 aromatic heterocycles. The molecule has 0 radical (unpaired) electrons. The van der Waals surface area contributed by atoms with Gasteiger partial charge in [-0.3, -0.25) is 0 Å². The second kappa shape index (κ2) is 6.62. The Kier molecular flexibility index (Phi) is 5.69. The van der Waals surface area contributed by atoms with Crippen LogP contribution in [-0.2, 0) is 0 Å². The standard InChI is InChI=1S/C16H32N2O/c1-7-17(5)15(19)18(6)14-10-8-13(9-11-14)12-16(2,3)4/h13-14H,7-12H2,1-6H3/t13-,14-. The van der Waals surface area contributed by atoms with E-state index in [-0.39, 0.29) is 6.03 Å². The van der Waals surface area contributed by atoms with Crippen LogP contribution in [0, 0.1) is 11.3 Å². The van der Waals surface area contributed by atoms with Gasteiger partial charge in [-0.2, -0.15) is 0 Å². The van der Waals surface area contributed by atoms with E-state index in [0.717, 1.165) is 12.5 Å². The summed E-state index contributed by atoms with van der Waals surface area (Å²) < 4.78 is 0. The third kappa shape index (κ3) is 5.04. The molecule has 0 saturated heterocycles. The predicted octanol–water partition coefficient (Wildman–Crippen LogP) is 3.98. The summed E-state index contributed by atoms with van der Waals surface area (Å²) in [4.78, 5) is 15.9. The fraction of sp³-hybridized carbons (Fsp3) is 0.938. The van der Waals surface area contributed by atoms with Crippen LogP contribution in [0.3, 0.4) is 0 Å². The van der Waals surface area contributed by atoms with Crippen molar-refractivity contribution in [3.63, 3.8) is 0 Å². The number of nitrogens with zero attached hydrogens (tertiary/aromatic N) is 2. The molecule has 0 unspecified atom stereocenters. The molecule has 1 fully saturated rings. The number of rotatable bonds is 3. The first kappa shape index (κ1) is 16.3. The summed E-state index contributed by atoms with van der Waals surface area (Å²) in [6.45, 7) is 9.77. The van der Waals surface area contributed by atoms with Gasteiger partial charge in [0.25, 0.3) is 0 Å². The molecule has 19 heavy (non-hydrogen) atoms. The molecule has 1 aliphatic carbocycles. The molecule has 0 bridgehead atoms. The lowest BCUT2D eigenvalue weighted by Gasteiger charge is -2.38. The largest absolute Gasteiger partial charge is 0.328 e. The molecule has 0 aromatic carbocycles. The fourth-order valence-corrected chi connectivity index (χ4v) is 3.16. The van der Waals surface area contributed by atoms with E-state index in [1.807, 2.05) is 25.9 Å². The monoisotopic (exact) mass is 268 g/mol. The highest BCUT2D eigenvalue weighted by atomic mass is 16.2. The summed E-state index contributed by atoms with van der Waals surface area (Å²) in [5.41, 5.74) is 0.432. The molecule has 0 aromatic rings. The van der Waals surface area contributed by atoms with Crippen molar-refractivity contribution >= 4 is 6.03 Å². The van der Waals surface area contributed by atoms with E-state index >= 15 is 0 Å². The van der Waals surface area contributed by atoms with Gasteiger partial charge in [-0.15, -0.1) is 0 Å². The van der Waals surface area contributed by atoms with Gasteiger partial charge in [0.2, 0.25) is 0 Å². The summed E-state index contributed by atoms with van der Waals surface area (Å²) >= 11 is 0. The summed E-state index contributed by atoms with van der Waals surface area (Å²) in [7, 11) is 3.84. The van der Waals surface area contributed by atoms with Gasteiger partial charge in [-0.1, -0.05) is 20.8 Å². The number of carbonyl (C=O) groups excluding carboxylic acids is 1. The van der Waals surface area contributed by atoms with Gasteiger partial charge < -0.3 is 9.80 Å². The highest BCUT2D eigenvalue weighted by molar-refractivity contribution is 5.74. The molecule has 1 saturated carbocycles. The maximum atomic E-state index is 12.1. The molecule has 0 N–H and O–H groups in total. The Bertz CT molecular complexity index is 288. The average molecular weight is 268 g/mol. The number of carbonyl (C=O) groups is 1. The van der Waals surface area contributed by atoms with Gasteiger partial charge in [0, 0.05) is 26.7 Å². The van der Waals surface area contributed by atoms with Gasteiger partial charge >= 0.3 is 6.03 Å². The van der Waals surface area contributed by atoms with E-state index in [0.29, 0.717) is 11.5 Å². The van der Waals surface area contributed by atoms with Crippen LogP contribution in [0.2, 0.25) is 0 Å². The first-order valence-electron chi connectivity index (χ1n) is 7.72. The van der Waals surface area contributed by atoms with E-state index in [1.165, 1.54) is 32.1 Å². The van der Waals surface area contributed by atoms with E-state index in [4.69, 9.17) is 0 Å². The highest BCUT2D eigenvalue weighted by Gasteiger charge is 2.29. The zero-order valence-corrected chi connectivity index (χ0v) is 13.7. The van der Waals surface area contributed by atoms with Crippen molar-refractivity contribution in [2.24, 2.45) is 11.3 Å². The Balaban J connectivity index is 2.43. The van der Waals surface area contributed by atoms with Gasteiger partial charge in [-0.05, 0) is 50.4 Å². The second-order valence-electron chi connectivity index (χ2n) is 7.35. The van der Waals surface area contributed by atoms with Crippen molar-refractivity contribution in [1.29, 1.82) is 0 Å². The minimum absolute atomic E-state index is 0.168. The van der Waals surface area contributed by atoms with Crippen molar-refractivity contribution in [3.8, 4) is 0 Å². The van der Waals surface area contributed by atoms with Crippen LogP contribution in [0.4, 0.5) is 4.79 Å². The molecule has 0 spiro atoms. The summed E-state index contributed by atoms with van der Waals surface area (Å²) in [5.74, 6) is 0.851. The zero-order valence-electron chi connectivity index (χ0n) is 13.7. The van der Waals surface area contributed by atoms with Gasteiger partial charge in [-0.25, -0.2) is 4.79 Å². The number of urea groups is 1. The van der Waals surface area contributed by atoms with Crippen LogP contribution in [0.25, 0.3) is 0 Å². The SMILES string of the molecule is CCN(C)C(=O)N(C)[C@H]1CC[C@H](CC(C)(C)C)CC1. The molecular formula is C16H32N2O. The number of amides is 2. The van der Waals surface area contributed by atoms with Gasteiger partial charge in [0.05, 0.1) is 0 Å². The zero-order chi connectivity index (χ0) is 14.6. The quantitative estimate of drug-likeness (QED) is 0.759. The van der Waals surface area contributed by atoms with Crippen molar-refractivity contribution < 1.29 is 4.79 Å². The summed E-state index contributed by atoms with van der Waals surface area (Å²) in [5, 5.41) is 0. The van der Waals surface area contributed by atoms with Crippen LogP contribution in [0.5, 0.6) is 0 Å². The lowest BCUT2D eigenvalue weighted by molar-refractivity contribution is 0.127. The smallest absolute Gasteiger partial charge is 0.319 e. The molecule has 1 aliphatic rings. The summed E-state index contributed by atoms with van der Waals surface area (Å²) in [6, 6.07) is 0.611. The molecule has 1 rings (SSSR count). The topological polar surface area (TPSA) is 23.6 Å². The van der Waals surface area contributed by atoms with Crippen molar-refractivity contribution in [2.75, 3.05) is 20.6 Å². The Labute approximate surface area is 119 Å². The molecule has 3 nitrogen and oxygen atoms in total. The number of hydrogen-bond donors (Lipinski definition) is 0. The normalized spacial score (nSPS) is 24.1. The fourth-order valence-electron chi connectivity index (χ4n) is 3.16. The van der Waals surface area contributed by atoms with E-state index in [1.54, 1.807) is 4.90 Å². The highest BCUT2D eigenvalue weighted by Crippen LogP contribution is 2.35. The van der Waals surface area contributed by atoms with Crippen molar-refractivity contribution in [2.45, 2.75) is 65.8 Å². The average Bonchev–Trinajstić information content (AvgIpc) is 2.35. The van der Waals surface area contributed by atoms with E-state index in [9.17, 15) is 4.79 Å². The maximum Gasteiger partial charge on any atom is 0.319 e. The minimum Gasteiger partial charge on any atom is -0.328 e. The number of hydrogen-bond acceptors (Lipinski definition) is 1. The lowest BCUT2D eigenvalue weighted by atomic mass is 9.76. The predicted molar refractivity (Wildman–Crippen MR) is 81.3 cm³/mol. The Morgan fingerprint density at radius 3 is 2.05 bits per heavy atom. The molecular weight excluding hydrogens is 236 g/mol. The molecule has 0 atom stereocenters. The first-order valence-corrected chi connectivity index (χ1v) is 7.72. The first-order chi connectivity index (χ1) is 8.74.